The summed E-state index contributed by atoms with van der Waals surface area (Å²) in [6, 6.07) is 13.0. The molecule has 142 valence electrons. The van der Waals surface area contributed by atoms with Crippen LogP contribution in [0.1, 0.15) is 12.0 Å². The van der Waals surface area contributed by atoms with Crippen molar-refractivity contribution in [1.82, 2.24) is 0 Å². The number of morpholine rings is 1. The van der Waals surface area contributed by atoms with E-state index in [1.165, 1.54) is 6.07 Å². The Hall–Kier alpha value is -2.60. The van der Waals surface area contributed by atoms with Gasteiger partial charge in [0.25, 0.3) is 0 Å². The summed E-state index contributed by atoms with van der Waals surface area (Å²) >= 11 is 0. The summed E-state index contributed by atoms with van der Waals surface area (Å²) in [6.45, 7) is 4.09. The molecule has 0 spiro atoms. The average molecular weight is 369 g/mol. The van der Waals surface area contributed by atoms with E-state index < -0.39 is 0 Å². The van der Waals surface area contributed by atoms with Crippen molar-refractivity contribution in [3.05, 3.63) is 53.8 Å². The lowest BCUT2D eigenvalue weighted by atomic mass is 10.0. The van der Waals surface area contributed by atoms with Gasteiger partial charge in [-0.25, -0.2) is 4.39 Å². The molecule has 1 amide bonds. The zero-order chi connectivity index (χ0) is 18.6. The minimum atomic E-state index is -0.255. The molecule has 0 aromatic heterocycles. The van der Waals surface area contributed by atoms with E-state index in [-0.39, 0.29) is 18.3 Å². The molecular weight excluding hydrogens is 345 g/mol. The standard InChI is InChI=1S/C21H24FN3O2/c22-19-5-1-3-16-4-2-10-25(21(16)19)15-20(26)23-17-6-8-18(9-7-17)24-11-13-27-14-12-24/h1,3,5-9H,2,4,10-15H2,(H,23,26). The van der Waals surface area contributed by atoms with Gasteiger partial charge >= 0.3 is 0 Å². The number of carbonyl (C=O) groups excluding carboxylic acids is 1. The molecule has 2 aromatic carbocycles. The van der Waals surface area contributed by atoms with Gasteiger partial charge in [-0.1, -0.05) is 12.1 Å². The Morgan fingerprint density at radius 2 is 1.85 bits per heavy atom. The van der Waals surface area contributed by atoms with Gasteiger partial charge in [0, 0.05) is 31.0 Å². The Bertz CT molecular complexity index is 804. The number of nitrogens with zero attached hydrogens (tertiary/aromatic N) is 2. The molecule has 0 saturated carbocycles. The van der Waals surface area contributed by atoms with Gasteiger partial charge in [-0.15, -0.1) is 0 Å². The minimum Gasteiger partial charge on any atom is -0.378 e. The SMILES string of the molecule is O=C(CN1CCCc2cccc(F)c21)Nc1ccc(N2CCOCC2)cc1. The van der Waals surface area contributed by atoms with Gasteiger partial charge in [-0.3, -0.25) is 4.79 Å². The summed E-state index contributed by atoms with van der Waals surface area (Å²) < 4.78 is 19.6. The molecule has 1 fully saturated rings. The number of anilines is 3. The highest BCUT2D eigenvalue weighted by Gasteiger charge is 2.22. The minimum absolute atomic E-state index is 0.134. The fraction of sp³-hybridized carbons (Fsp3) is 0.381. The van der Waals surface area contributed by atoms with Gasteiger partial charge < -0.3 is 19.9 Å². The van der Waals surface area contributed by atoms with Gasteiger partial charge in [-0.2, -0.15) is 0 Å². The summed E-state index contributed by atoms with van der Waals surface area (Å²) in [7, 11) is 0. The van der Waals surface area contributed by atoms with Crippen molar-refractivity contribution in [2.75, 3.05) is 54.5 Å². The quantitative estimate of drug-likeness (QED) is 0.900. The van der Waals surface area contributed by atoms with E-state index in [0.29, 0.717) is 12.2 Å². The van der Waals surface area contributed by atoms with Crippen molar-refractivity contribution in [1.29, 1.82) is 0 Å². The van der Waals surface area contributed by atoms with E-state index in [1.54, 1.807) is 6.07 Å². The molecule has 2 aromatic rings. The van der Waals surface area contributed by atoms with E-state index in [1.807, 2.05) is 35.2 Å². The molecule has 2 heterocycles. The Morgan fingerprint density at radius 1 is 1.07 bits per heavy atom. The van der Waals surface area contributed by atoms with Gasteiger partial charge in [0.1, 0.15) is 5.82 Å². The van der Waals surface area contributed by atoms with Crippen LogP contribution in [0.3, 0.4) is 0 Å². The predicted molar refractivity (Wildman–Crippen MR) is 105 cm³/mol. The van der Waals surface area contributed by atoms with Crippen LogP contribution in [0.25, 0.3) is 0 Å². The smallest absolute Gasteiger partial charge is 0.243 e. The van der Waals surface area contributed by atoms with Crippen molar-refractivity contribution in [2.45, 2.75) is 12.8 Å². The van der Waals surface area contributed by atoms with Crippen LogP contribution in [0, 0.1) is 5.82 Å². The van der Waals surface area contributed by atoms with Crippen LogP contribution in [0.15, 0.2) is 42.5 Å². The zero-order valence-electron chi connectivity index (χ0n) is 15.3. The maximum absolute atomic E-state index is 14.2. The van der Waals surface area contributed by atoms with Crippen molar-refractivity contribution in [3.8, 4) is 0 Å². The molecule has 0 unspecified atom stereocenters. The van der Waals surface area contributed by atoms with Crippen LogP contribution in [-0.4, -0.2) is 45.3 Å². The van der Waals surface area contributed by atoms with Gasteiger partial charge in [-0.05, 0) is 48.7 Å². The van der Waals surface area contributed by atoms with Crippen molar-refractivity contribution < 1.29 is 13.9 Å². The lowest BCUT2D eigenvalue weighted by Crippen LogP contribution is -2.37. The molecule has 1 saturated heterocycles. The molecule has 27 heavy (non-hydrogen) atoms. The van der Waals surface area contributed by atoms with Crippen LogP contribution in [0.2, 0.25) is 0 Å². The summed E-state index contributed by atoms with van der Waals surface area (Å²) in [5, 5.41) is 2.92. The molecule has 0 atom stereocenters. The fourth-order valence-corrected chi connectivity index (χ4v) is 3.80. The number of amides is 1. The summed E-state index contributed by atoms with van der Waals surface area (Å²) in [6.07, 6.45) is 1.78. The highest BCUT2D eigenvalue weighted by atomic mass is 19.1. The first-order chi connectivity index (χ1) is 13.2. The number of rotatable bonds is 4. The molecule has 0 bridgehead atoms. The molecule has 4 rings (SSSR count). The predicted octanol–water partition coefficient (Wildman–Crippen LogP) is 3.05. The molecule has 2 aliphatic rings. The van der Waals surface area contributed by atoms with E-state index in [0.717, 1.165) is 56.1 Å². The van der Waals surface area contributed by atoms with Crippen LogP contribution in [0.4, 0.5) is 21.5 Å². The van der Waals surface area contributed by atoms with Crippen molar-refractivity contribution >= 4 is 23.0 Å². The number of ether oxygens (including phenoxy) is 1. The topological polar surface area (TPSA) is 44.8 Å². The molecule has 6 heteroatoms. The Balaban J connectivity index is 1.39. The lowest BCUT2D eigenvalue weighted by molar-refractivity contribution is -0.115. The van der Waals surface area contributed by atoms with Gasteiger partial charge in [0.05, 0.1) is 25.4 Å². The summed E-state index contributed by atoms with van der Waals surface area (Å²) in [5.74, 6) is -0.389. The Morgan fingerprint density at radius 3 is 2.63 bits per heavy atom. The molecule has 1 N–H and O–H groups in total. The van der Waals surface area contributed by atoms with Crippen molar-refractivity contribution in [2.24, 2.45) is 0 Å². The Kier molecular flexibility index (Phi) is 5.25. The first-order valence-electron chi connectivity index (χ1n) is 9.46. The zero-order valence-corrected chi connectivity index (χ0v) is 15.3. The number of carbonyl (C=O) groups is 1. The number of fused-ring (bicyclic) bond motifs is 1. The molecule has 0 radical (unpaired) electrons. The maximum atomic E-state index is 14.2. The third-order valence-corrected chi connectivity index (χ3v) is 5.12. The normalized spacial score (nSPS) is 16.8. The first kappa shape index (κ1) is 17.8. The van der Waals surface area contributed by atoms with Gasteiger partial charge in [0.2, 0.25) is 5.91 Å². The van der Waals surface area contributed by atoms with Crippen LogP contribution < -0.4 is 15.1 Å². The molecular formula is C21H24FN3O2. The fourth-order valence-electron chi connectivity index (χ4n) is 3.80. The second kappa shape index (κ2) is 7.96. The number of aryl methyl sites for hydroxylation is 1. The molecule has 5 nitrogen and oxygen atoms in total. The van der Waals surface area contributed by atoms with Crippen LogP contribution in [-0.2, 0) is 16.0 Å². The third-order valence-electron chi connectivity index (χ3n) is 5.12. The summed E-state index contributed by atoms with van der Waals surface area (Å²) in [5.41, 5.74) is 3.43. The molecule has 2 aliphatic heterocycles. The van der Waals surface area contributed by atoms with Gasteiger partial charge in [0.15, 0.2) is 0 Å². The largest absolute Gasteiger partial charge is 0.378 e. The van der Waals surface area contributed by atoms with Crippen LogP contribution >= 0.6 is 0 Å². The van der Waals surface area contributed by atoms with E-state index >= 15 is 0 Å². The summed E-state index contributed by atoms with van der Waals surface area (Å²) in [4.78, 5) is 16.6. The highest BCUT2D eigenvalue weighted by molar-refractivity contribution is 5.94. The van der Waals surface area contributed by atoms with E-state index in [9.17, 15) is 9.18 Å². The second-order valence-corrected chi connectivity index (χ2v) is 6.97. The van der Waals surface area contributed by atoms with E-state index in [4.69, 9.17) is 4.74 Å². The Labute approximate surface area is 158 Å². The van der Waals surface area contributed by atoms with E-state index in [2.05, 4.69) is 10.2 Å². The number of benzene rings is 2. The molecule has 0 aliphatic carbocycles. The van der Waals surface area contributed by atoms with Crippen molar-refractivity contribution in [3.63, 3.8) is 0 Å². The maximum Gasteiger partial charge on any atom is 0.243 e. The number of hydrogen-bond acceptors (Lipinski definition) is 4. The highest BCUT2D eigenvalue weighted by Crippen LogP contribution is 2.29. The monoisotopic (exact) mass is 369 g/mol. The second-order valence-electron chi connectivity index (χ2n) is 6.97. The lowest BCUT2D eigenvalue weighted by Gasteiger charge is -2.31. The number of halogens is 1. The third kappa shape index (κ3) is 4.06. The van der Waals surface area contributed by atoms with Crippen LogP contribution in [0.5, 0.6) is 0 Å². The average Bonchev–Trinajstić information content (AvgIpc) is 2.69. The number of para-hydroxylation sites is 1. The number of hydrogen-bond donors (Lipinski definition) is 1. The number of nitrogens with one attached hydrogen (secondary N) is 1. The first-order valence-corrected chi connectivity index (χ1v) is 9.46.